The zero-order chi connectivity index (χ0) is 20.4. The van der Waals surface area contributed by atoms with Gasteiger partial charge in [0.1, 0.15) is 17.9 Å². The minimum Gasteiger partial charge on any atom is -0.506 e. The van der Waals surface area contributed by atoms with Gasteiger partial charge in [-0.1, -0.05) is 17.7 Å². The van der Waals surface area contributed by atoms with Crippen LogP contribution < -0.4 is 15.5 Å². The fourth-order valence-corrected chi connectivity index (χ4v) is 3.40. The number of phenolic OH excluding ortho intramolecular Hbond substituents is 1. The smallest absolute Gasteiger partial charge is 0.352 e. The summed E-state index contributed by atoms with van der Waals surface area (Å²) in [6, 6.07) is 11.2. The maximum absolute atomic E-state index is 13.1. The Morgan fingerprint density at radius 2 is 1.72 bits per heavy atom. The van der Waals surface area contributed by atoms with Gasteiger partial charge in [-0.15, -0.1) is 0 Å². The lowest BCUT2D eigenvalue weighted by atomic mass is 10.2. The molecule has 0 bridgehead atoms. The molecule has 1 aliphatic rings. The van der Waals surface area contributed by atoms with Gasteiger partial charge in [-0.05, 0) is 42.0 Å². The van der Waals surface area contributed by atoms with Crippen LogP contribution in [0.1, 0.15) is 5.56 Å². The molecule has 150 valence electrons. The Morgan fingerprint density at radius 1 is 1.03 bits per heavy atom. The van der Waals surface area contributed by atoms with Crippen molar-refractivity contribution in [1.82, 2.24) is 14.5 Å². The van der Waals surface area contributed by atoms with Crippen molar-refractivity contribution in [3.8, 4) is 5.75 Å². The summed E-state index contributed by atoms with van der Waals surface area (Å²) in [7, 11) is 0. The molecular formula is C20H19ClFN5O2. The lowest BCUT2D eigenvalue weighted by molar-refractivity contribution is 0.474. The standard InChI is InChI=1S/C20H19ClFN5O2/c21-17-6-1-14(11-18(17)28)12-27-13-23-19(24-20(27)29)26-9-7-25(8-10-26)16-4-2-15(22)3-5-16/h1-6,11,13,28H,7-10,12H2. The first kappa shape index (κ1) is 19.2. The lowest BCUT2D eigenvalue weighted by Crippen LogP contribution is -2.47. The summed E-state index contributed by atoms with van der Waals surface area (Å²) in [5.41, 5.74) is 1.28. The first-order valence-electron chi connectivity index (χ1n) is 9.16. The van der Waals surface area contributed by atoms with Gasteiger partial charge in [0, 0.05) is 31.9 Å². The zero-order valence-corrected chi connectivity index (χ0v) is 16.3. The summed E-state index contributed by atoms with van der Waals surface area (Å²) in [6.45, 7) is 3.00. The summed E-state index contributed by atoms with van der Waals surface area (Å²) < 4.78 is 14.5. The molecule has 0 atom stereocenters. The number of aromatic hydroxyl groups is 1. The second kappa shape index (κ2) is 8.08. The average molecular weight is 416 g/mol. The van der Waals surface area contributed by atoms with Crippen molar-refractivity contribution in [2.24, 2.45) is 0 Å². The number of nitrogens with zero attached hydrogens (tertiary/aromatic N) is 5. The van der Waals surface area contributed by atoms with Gasteiger partial charge in [0.2, 0.25) is 5.95 Å². The highest BCUT2D eigenvalue weighted by atomic mass is 35.5. The minimum absolute atomic E-state index is 0.0335. The van der Waals surface area contributed by atoms with Gasteiger partial charge in [-0.25, -0.2) is 14.2 Å². The van der Waals surface area contributed by atoms with Crippen molar-refractivity contribution in [1.29, 1.82) is 0 Å². The van der Waals surface area contributed by atoms with Crippen molar-refractivity contribution < 1.29 is 9.50 Å². The Bertz CT molecular complexity index is 1070. The van der Waals surface area contributed by atoms with Crippen LogP contribution in [0.3, 0.4) is 0 Å². The molecule has 0 aliphatic carbocycles. The number of aromatic nitrogens is 3. The van der Waals surface area contributed by atoms with Crippen molar-refractivity contribution >= 4 is 23.2 Å². The van der Waals surface area contributed by atoms with E-state index in [-0.39, 0.29) is 23.1 Å². The van der Waals surface area contributed by atoms with Crippen LogP contribution in [0.15, 0.2) is 53.6 Å². The number of rotatable bonds is 4. The van der Waals surface area contributed by atoms with Crippen LogP contribution in [-0.2, 0) is 6.54 Å². The van der Waals surface area contributed by atoms with Gasteiger partial charge in [0.05, 0.1) is 11.6 Å². The number of anilines is 2. The molecule has 4 rings (SSSR count). The fourth-order valence-electron chi connectivity index (χ4n) is 3.28. The van der Waals surface area contributed by atoms with Crippen LogP contribution in [0.5, 0.6) is 5.75 Å². The van der Waals surface area contributed by atoms with Crippen LogP contribution in [0.4, 0.5) is 16.0 Å². The van der Waals surface area contributed by atoms with Crippen molar-refractivity contribution in [3.05, 3.63) is 75.7 Å². The number of benzene rings is 2. The van der Waals surface area contributed by atoms with E-state index >= 15 is 0 Å². The molecule has 1 saturated heterocycles. The van der Waals surface area contributed by atoms with Crippen molar-refractivity contribution in [2.75, 3.05) is 36.0 Å². The monoisotopic (exact) mass is 415 g/mol. The van der Waals surface area contributed by atoms with Crippen LogP contribution >= 0.6 is 11.6 Å². The van der Waals surface area contributed by atoms with E-state index in [0.717, 1.165) is 24.3 Å². The second-order valence-electron chi connectivity index (χ2n) is 6.80. The average Bonchev–Trinajstić information content (AvgIpc) is 2.73. The SMILES string of the molecule is O=c1nc(N2CCN(c3ccc(F)cc3)CC2)ncn1Cc1ccc(Cl)c(O)c1. The molecule has 9 heteroatoms. The molecule has 1 aliphatic heterocycles. The third-order valence-corrected chi connectivity index (χ3v) is 5.19. The summed E-state index contributed by atoms with van der Waals surface area (Å²) in [5.74, 6) is 0.105. The highest BCUT2D eigenvalue weighted by Gasteiger charge is 2.20. The number of hydrogen-bond acceptors (Lipinski definition) is 6. The fraction of sp³-hybridized carbons (Fsp3) is 0.250. The van der Waals surface area contributed by atoms with E-state index in [2.05, 4.69) is 14.9 Å². The molecule has 1 fully saturated rings. The Kier molecular flexibility index (Phi) is 5.35. The first-order valence-corrected chi connectivity index (χ1v) is 9.54. The summed E-state index contributed by atoms with van der Waals surface area (Å²) in [6.07, 6.45) is 1.46. The molecule has 2 heterocycles. The number of phenols is 1. The van der Waals surface area contributed by atoms with Crippen LogP contribution in [0.2, 0.25) is 5.02 Å². The van der Waals surface area contributed by atoms with E-state index in [0.29, 0.717) is 19.0 Å². The lowest BCUT2D eigenvalue weighted by Gasteiger charge is -2.36. The first-order chi connectivity index (χ1) is 14.0. The molecule has 1 aromatic heterocycles. The predicted octanol–water partition coefficient (Wildman–Crippen LogP) is 2.51. The third-order valence-electron chi connectivity index (χ3n) is 4.87. The van der Waals surface area contributed by atoms with Gasteiger partial charge >= 0.3 is 5.69 Å². The Morgan fingerprint density at radius 3 is 2.38 bits per heavy atom. The van der Waals surface area contributed by atoms with Gasteiger partial charge < -0.3 is 14.9 Å². The van der Waals surface area contributed by atoms with E-state index < -0.39 is 5.69 Å². The molecule has 0 saturated carbocycles. The Balaban J connectivity index is 1.42. The van der Waals surface area contributed by atoms with E-state index in [4.69, 9.17) is 11.6 Å². The third kappa shape index (κ3) is 4.32. The Hall–Kier alpha value is -3.13. The molecule has 0 spiro atoms. The molecule has 3 aromatic rings. The minimum atomic E-state index is -0.412. The molecule has 7 nitrogen and oxygen atoms in total. The largest absolute Gasteiger partial charge is 0.506 e. The van der Waals surface area contributed by atoms with E-state index in [1.807, 2.05) is 4.90 Å². The molecule has 2 aromatic carbocycles. The molecule has 1 N–H and O–H groups in total. The summed E-state index contributed by atoms with van der Waals surface area (Å²) in [4.78, 5) is 25.0. The quantitative estimate of drug-likeness (QED) is 0.705. The highest BCUT2D eigenvalue weighted by Crippen LogP contribution is 2.24. The summed E-state index contributed by atoms with van der Waals surface area (Å²) in [5, 5.41) is 9.96. The van der Waals surface area contributed by atoms with Gasteiger partial charge in [-0.2, -0.15) is 4.98 Å². The van der Waals surface area contributed by atoms with Crippen molar-refractivity contribution in [3.63, 3.8) is 0 Å². The number of piperazine rings is 1. The van der Waals surface area contributed by atoms with Crippen LogP contribution in [0, 0.1) is 5.82 Å². The maximum atomic E-state index is 13.1. The second-order valence-corrected chi connectivity index (χ2v) is 7.21. The maximum Gasteiger partial charge on any atom is 0.352 e. The molecular weight excluding hydrogens is 397 g/mol. The molecule has 0 amide bonds. The van der Waals surface area contributed by atoms with E-state index in [1.54, 1.807) is 24.3 Å². The van der Waals surface area contributed by atoms with Gasteiger partial charge in [0.25, 0.3) is 0 Å². The predicted molar refractivity (Wildman–Crippen MR) is 109 cm³/mol. The normalized spacial score (nSPS) is 14.3. The topological polar surface area (TPSA) is 74.5 Å². The molecule has 0 unspecified atom stereocenters. The van der Waals surface area contributed by atoms with Crippen LogP contribution in [0.25, 0.3) is 0 Å². The number of halogens is 2. The van der Waals surface area contributed by atoms with Crippen molar-refractivity contribution in [2.45, 2.75) is 6.54 Å². The molecule has 29 heavy (non-hydrogen) atoms. The molecule has 0 radical (unpaired) electrons. The van der Waals surface area contributed by atoms with E-state index in [9.17, 15) is 14.3 Å². The zero-order valence-electron chi connectivity index (χ0n) is 15.5. The van der Waals surface area contributed by atoms with Crippen LogP contribution in [-0.4, -0.2) is 45.8 Å². The number of hydrogen-bond donors (Lipinski definition) is 1. The van der Waals surface area contributed by atoms with Gasteiger partial charge in [0.15, 0.2) is 0 Å². The van der Waals surface area contributed by atoms with Gasteiger partial charge in [-0.3, -0.25) is 4.57 Å². The Labute approximate surface area is 171 Å². The highest BCUT2D eigenvalue weighted by molar-refractivity contribution is 6.32. The van der Waals surface area contributed by atoms with E-state index in [1.165, 1.54) is 29.1 Å². The summed E-state index contributed by atoms with van der Waals surface area (Å²) >= 11 is 5.81.